The van der Waals surface area contributed by atoms with Crippen molar-refractivity contribution in [3.8, 4) is 5.75 Å². The minimum absolute atomic E-state index is 0.165. The number of carbonyl (C=O) groups is 1. The number of aromatic amines is 1. The summed E-state index contributed by atoms with van der Waals surface area (Å²) in [7, 11) is 1.70. The van der Waals surface area contributed by atoms with E-state index in [1.165, 1.54) is 16.6 Å². The van der Waals surface area contributed by atoms with Crippen molar-refractivity contribution in [2.45, 2.75) is 31.9 Å². The van der Waals surface area contributed by atoms with Crippen LogP contribution < -0.4 is 4.74 Å². The first-order chi connectivity index (χ1) is 12.7. The van der Waals surface area contributed by atoms with Crippen LogP contribution in [0.5, 0.6) is 5.75 Å². The molecule has 0 saturated carbocycles. The second-order valence-electron chi connectivity index (χ2n) is 7.77. The molecule has 4 heterocycles. The van der Waals surface area contributed by atoms with Gasteiger partial charge in [0.15, 0.2) is 0 Å². The van der Waals surface area contributed by atoms with Crippen LogP contribution in [0.25, 0.3) is 10.9 Å². The molecule has 26 heavy (non-hydrogen) atoms. The number of hydrogen-bond donors (Lipinski definition) is 1. The van der Waals surface area contributed by atoms with Gasteiger partial charge in [-0.1, -0.05) is 0 Å². The van der Waals surface area contributed by atoms with Crippen molar-refractivity contribution in [1.29, 1.82) is 0 Å². The van der Waals surface area contributed by atoms with E-state index in [9.17, 15) is 4.79 Å². The number of fused-ring (bicyclic) bond motifs is 6. The van der Waals surface area contributed by atoms with Crippen molar-refractivity contribution < 1.29 is 14.3 Å². The van der Waals surface area contributed by atoms with E-state index >= 15 is 0 Å². The first kappa shape index (κ1) is 15.9. The maximum Gasteiger partial charge on any atom is 0.149 e. The standard InChI is InChI=1S/C21H24N2O3/c1-12-18-9-23-6-5-16-15-4-3-14(25-2)7-19(15)22-21(16)20(23)8-17(18)13(10-24)11-26-12/h3-4,7,10-12,17-18,20,22H,5-6,8-9H2,1-2H3. The molecule has 0 radical (unpaired) electrons. The van der Waals surface area contributed by atoms with E-state index in [0.29, 0.717) is 12.0 Å². The van der Waals surface area contributed by atoms with Gasteiger partial charge in [0.25, 0.3) is 0 Å². The summed E-state index contributed by atoms with van der Waals surface area (Å²) in [4.78, 5) is 17.8. The fourth-order valence-electron chi connectivity index (χ4n) is 5.18. The van der Waals surface area contributed by atoms with Gasteiger partial charge >= 0.3 is 0 Å². The van der Waals surface area contributed by atoms with Crippen LogP contribution in [0.4, 0.5) is 0 Å². The van der Waals surface area contributed by atoms with Gasteiger partial charge in [-0.15, -0.1) is 0 Å². The molecule has 5 heteroatoms. The molecule has 0 bridgehead atoms. The average Bonchev–Trinajstić information content (AvgIpc) is 3.05. The Morgan fingerprint density at radius 3 is 3.08 bits per heavy atom. The maximum atomic E-state index is 11.6. The fourth-order valence-corrected chi connectivity index (χ4v) is 5.18. The van der Waals surface area contributed by atoms with Crippen LogP contribution in [0.15, 0.2) is 30.0 Å². The molecule has 3 aliphatic heterocycles. The van der Waals surface area contributed by atoms with Crippen molar-refractivity contribution in [2.24, 2.45) is 11.8 Å². The molecule has 5 nitrogen and oxygen atoms in total. The summed E-state index contributed by atoms with van der Waals surface area (Å²) in [5, 5.41) is 1.30. The number of nitrogens with zero attached hydrogens (tertiary/aromatic N) is 1. The van der Waals surface area contributed by atoms with Crippen molar-refractivity contribution in [3.63, 3.8) is 0 Å². The predicted molar refractivity (Wildman–Crippen MR) is 99.2 cm³/mol. The summed E-state index contributed by atoms with van der Waals surface area (Å²) in [6.07, 6.45) is 4.87. The summed E-state index contributed by atoms with van der Waals surface area (Å²) in [5.41, 5.74) is 4.71. The minimum Gasteiger partial charge on any atom is -0.498 e. The third kappa shape index (κ3) is 2.23. The molecule has 1 N–H and O–H groups in total. The van der Waals surface area contributed by atoms with Crippen LogP contribution in [-0.2, 0) is 16.0 Å². The number of carbonyl (C=O) groups excluding carboxylic acids is 1. The zero-order valence-corrected chi connectivity index (χ0v) is 15.2. The van der Waals surface area contributed by atoms with Gasteiger partial charge in [0.05, 0.1) is 25.5 Å². The number of allylic oxidation sites excluding steroid dienone is 1. The molecule has 0 spiro atoms. The minimum atomic E-state index is 0.165. The molecule has 5 rings (SSSR count). The number of rotatable bonds is 2. The Hall–Kier alpha value is -2.27. The van der Waals surface area contributed by atoms with E-state index in [2.05, 4.69) is 28.9 Å². The van der Waals surface area contributed by atoms with Crippen molar-refractivity contribution in [3.05, 3.63) is 41.3 Å². The number of aldehydes is 1. The lowest BCUT2D eigenvalue weighted by Crippen LogP contribution is -2.50. The molecular weight excluding hydrogens is 328 g/mol. The van der Waals surface area contributed by atoms with E-state index in [1.807, 2.05) is 6.07 Å². The second kappa shape index (κ2) is 5.88. The lowest BCUT2D eigenvalue weighted by molar-refractivity contribution is -0.107. The molecule has 0 aliphatic carbocycles. The SMILES string of the molecule is COc1ccc2c3c([nH]c2c1)C1CC2C(C=O)=COC(C)C2CN1CC3. The second-order valence-corrected chi connectivity index (χ2v) is 7.77. The van der Waals surface area contributed by atoms with Gasteiger partial charge in [0.2, 0.25) is 0 Å². The number of hydrogen-bond acceptors (Lipinski definition) is 4. The smallest absolute Gasteiger partial charge is 0.149 e. The highest BCUT2D eigenvalue weighted by molar-refractivity contribution is 5.86. The Morgan fingerprint density at radius 2 is 2.27 bits per heavy atom. The van der Waals surface area contributed by atoms with E-state index in [-0.39, 0.29) is 12.0 Å². The first-order valence-electron chi connectivity index (χ1n) is 9.43. The Morgan fingerprint density at radius 1 is 1.38 bits per heavy atom. The van der Waals surface area contributed by atoms with Crippen LogP contribution in [0.1, 0.15) is 30.6 Å². The van der Waals surface area contributed by atoms with Crippen molar-refractivity contribution >= 4 is 17.2 Å². The van der Waals surface area contributed by atoms with E-state index in [0.717, 1.165) is 49.1 Å². The zero-order valence-electron chi connectivity index (χ0n) is 15.2. The average molecular weight is 352 g/mol. The number of ether oxygens (including phenoxy) is 2. The Balaban J connectivity index is 1.56. The van der Waals surface area contributed by atoms with Crippen LogP contribution in [0.3, 0.4) is 0 Å². The number of H-pyrrole nitrogens is 1. The summed E-state index contributed by atoms with van der Waals surface area (Å²) in [6, 6.07) is 6.62. The van der Waals surface area contributed by atoms with Gasteiger partial charge in [-0.3, -0.25) is 9.69 Å². The van der Waals surface area contributed by atoms with Crippen LogP contribution >= 0.6 is 0 Å². The van der Waals surface area contributed by atoms with Gasteiger partial charge in [0.1, 0.15) is 12.0 Å². The van der Waals surface area contributed by atoms with E-state index in [1.54, 1.807) is 13.4 Å². The van der Waals surface area contributed by atoms with Gasteiger partial charge in [-0.2, -0.15) is 0 Å². The first-order valence-corrected chi connectivity index (χ1v) is 9.43. The summed E-state index contributed by atoms with van der Waals surface area (Å²) >= 11 is 0. The number of nitrogens with one attached hydrogen (secondary N) is 1. The van der Waals surface area contributed by atoms with Crippen molar-refractivity contribution in [1.82, 2.24) is 9.88 Å². The van der Waals surface area contributed by atoms with Crippen LogP contribution in [0, 0.1) is 11.8 Å². The molecule has 1 aromatic carbocycles. The summed E-state index contributed by atoms with van der Waals surface area (Å²) in [5.74, 6) is 1.55. The molecule has 136 valence electrons. The molecule has 4 unspecified atom stereocenters. The fraction of sp³-hybridized carbons (Fsp3) is 0.476. The van der Waals surface area contributed by atoms with Crippen LogP contribution in [-0.4, -0.2) is 42.5 Å². The van der Waals surface area contributed by atoms with Gasteiger partial charge < -0.3 is 14.5 Å². The van der Waals surface area contributed by atoms with Gasteiger partial charge in [-0.25, -0.2) is 0 Å². The lowest BCUT2D eigenvalue weighted by Gasteiger charge is -2.49. The van der Waals surface area contributed by atoms with Crippen molar-refractivity contribution in [2.75, 3.05) is 20.2 Å². The molecule has 1 fully saturated rings. The largest absolute Gasteiger partial charge is 0.498 e. The summed E-state index contributed by atoms with van der Waals surface area (Å²) in [6.45, 7) is 4.17. The monoisotopic (exact) mass is 352 g/mol. The summed E-state index contributed by atoms with van der Waals surface area (Å²) < 4.78 is 11.1. The van der Waals surface area contributed by atoms with Crippen LogP contribution in [0.2, 0.25) is 0 Å². The molecule has 1 aromatic heterocycles. The highest BCUT2D eigenvalue weighted by atomic mass is 16.5. The number of benzene rings is 1. The van der Waals surface area contributed by atoms with Gasteiger partial charge in [0, 0.05) is 47.2 Å². The molecular formula is C21H24N2O3. The predicted octanol–water partition coefficient (Wildman–Crippen LogP) is 3.21. The van der Waals surface area contributed by atoms with Gasteiger partial charge in [-0.05, 0) is 43.4 Å². The molecule has 4 atom stereocenters. The lowest BCUT2D eigenvalue weighted by atomic mass is 9.72. The number of aromatic nitrogens is 1. The Labute approximate surface area is 153 Å². The number of methoxy groups -OCH3 is 1. The number of piperidine rings is 1. The normalized spacial score (nSPS) is 30.6. The third-order valence-electron chi connectivity index (χ3n) is 6.59. The Kier molecular flexibility index (Phi) is 3.60. The zero-order chi connectivity index (χ0) is 17.8. The molecule has 1 saturated heterocycles. The highest BCUT2D eigenvalue weighted by Gasteiger charge is 2.45. The van der Waals surface area contributed by atoms with E-state index in [4.69, 9.17) is 9.47 Å². The maximum absolute atomic E-state index is 11.6. The third-order valence-corrected chi connectivity index (χ3v) is 6.59. The highest BCUT2D eigenvalue weighted by Crippen LogP contribution is 2.47. The molecule has 0 amide bonds. The quantitative estimate of drug-likeness (QED) is 0.843. The molecule has 3 aliphatic rings. The topological polar surface area (TPSA) is 54.6 Å². The molecule has 2 aromatic rings. The Bertz CT molecular complexity index is 900. The van der Waals surface area contributed by atoms with E-state index < -0.39 is 0 Å².